The van der Waals surface area contributed by atoms with E-state index in [1.54, 1.807) is 0 Å². The van der Waals surface area contributed by atoms with Crippen LogP contribution in [0.5, 0.6) is 0 Å². The third-order valence-electron chi connectivity index (χ3n) is 1.30. The molecule has 0 saturated carbocycles. The maximum Gasteiger partial charge on any atom is 0.194 e. The van der Waals surface area contributed by atoms with E-state index in [0.29, 0.717) is 0 Å². The van der Waals surface area contributed by atoms with Crippen molar-refractivity contribution in [2.24, 2.45) is 0 Å². The van der Waals surface area contributed by atoms with Crippen LogP contribution in [0.2, 0.25) is 0 Å². The molecule has 0 amide bonds. The van der Waals surface area contributed by atoms with E-state index in [1.165, 1.54) is 0 Å². The van der Waals surface area contributed by atoms with Gasteiger partial charge in [0.15, 0.2) is 11.6 Å². The summed E-state index contributed by atoms with van der Waals surface area (Å²) in [6, 6.07) is 0. The second kappa shape index (κ2) is 6.28. The van der Waals surface area contributed by atoms with Gasteiger partial charge >= 0.3 is 0 Å². The van der Waals surface area contributed by atoms with Crippen molar-refractivity contribution in [3.63, 3.8) is 0 Å². The van der Waals surface area contributed by atoms with E-state index in [0.717, 1.165) is 18.2 Å². The molecular formula is C8H19N5. The van der Waals surface area contributed by atoms with E-state index < -0.39 is 0 Å². The van der Waals surface area contributed by atoms with E-state index in [4.69, 9.17) is 0 Å². The zero-order valence-corrected chi connectivity index (χ0v) is 9.05. The summed E-state index contributed by atoms with van der Waals surface area (Å²) in [5.74, 6) is 1.64. The summed E-state index contributed by atoms with van der Waals surface area (Å²) < 4.78 is 0. The van der Waals surface area contributed by atoms with Gasteiger partial charge in [-0.2, -0.15) is 5.21 Å². The zero-order valence-electron chi connectivity index (χ0n) is 9.05. The monoisotopic (exact) mass is 185 g/mol. The molecule has 1 aromatic heterocycles. The number of nitrogens with one attached hydrogen (secondary N) is 2. The lowest BCUT2D eigenvalue weighted by molar-refractivity contribution is 0.926. The number of H-pyrrole nitrogens is 1. The van der Waals surface area contributed by atoms with E-state index in [-0.39, 0.29) is 0 Å². The minimum Gasteiger partial charge on any atom is -0.366 e. The number of hydrogen-bond acceptors (Lipinski definition) is 4. The summed E-state index contributed by atoms with van der Waals surface area (Å²) in [4.78, 5) is 1.90. The van der Waals surface area contributed by atoms with Crippen LogP contribution in [0.25, 0.3) is 0 Å². The number of nitrogens with zero attached hydrogens (tertiary/aromatic N) is 3. The molecule has 0 aliphatic heterocycles. The molecule has 1 heterocycles. The summed E-state index contributed by atoms with van der Waals surface area (Å²) in [7, 11) is 3.86. The average Bonchev–Trinajstić information content (AvgIpc) is 2.57. The molecule has 0 aliphatic carbocycles. The molecule has 0 radical (unpaired) electrons. The van der Waals surface area contributed by atoms with E-state index in [1.807, 2.05) is 39.8 Å². The normalized spacial score (nSPS) is 8.69. The van der Waals surface area contributed by atoms with Gasteiger partial charge in [-0.15, -0.1) is 10.2 Å². The molecule has 2 N–H and O–H groups in total. The van der Waals surface area contributed by atoms with Gasteiger partial charge in [-0.1, -0.05) is 13.8 Å². The highest BCUT2D eigenvalue weighted by Gasteiger charge is 2.06. The first kappa shape index (κ1) is 11.7. The number of rotatable bonds is 3. The molecule has 0 aliphatic rings. The Morgan fingerprint density at radius 2 is 1.92 bits per heavy atom. The molecule has 0 saturated heterocycles. The Kier molecular flexibility index (Phi) is 5.67. The van der Waals surface area contributed by atoms with Crippen molar-refractivity contribution in [3.05, 3.63) is 0 Å². The Labute approximate surface area is 79.5 Å². The molecule has 1 rings (SSSR count). The quantitative estimate of drug-likeness (QED) is 0.746. The van der Waals surface area contributed by atoms with Crippen molar-refractivity contribution >= 4 is 11.6 Å². The minimum absolute atomic E-state index is 0.803. The number of hydrogen-bond donors (Lipinski definition) is 2. The molecule has 0 spiro atoms. The molecule has 0 unspecified atom stereocenters. The van der Waals surface area contributed by atoms with Gasteiger partial charge < -0.3 is 10.2 Å². The molecule has 0 atom stereocenters. The fourth-order valence-corrected chi connectivity index (χ4v) is 0.823. The molecule has 1 aromatic rings. The van der Waals surface area contributed by atoms with Crippen LogP contribution in [0.3, 0.4) is 0 Å². The lowest BCUT2D eigenvalue weighted by atomic mass is 10.5. The Morgan fingerprint density at radius 1 is 1.31 bits per heavy atom. The van der Waals surface area contributed by atoms with Gasteiger partial charge in [0.05, 0.1) is 0 Å². The number of anilines is 2. The van der Waals surface area contributed by atoms with Crippen LogP contribution in [0.1, 0.15) is 20.8 Å². The highest BCUT2D eigenvalue weighted by atomic mass is 15.4. The topological polar surface area (TPSA) is 56.8 Å². The predicted octanol–water partition coefficient (Wildman–Crippen LogP) is 1.33. The van der Waals surface area contributed by atoms with Crippen molar-refractivity contribution in [3.8, 4) is 0 Å². The van der Waals surface area contributed by atoms with Crippen molar-refractivity contribution in [1.82, 2.24) is 15.4 Å². The minimum atomic E-state index is 0.803. The number of aromatic amines is 1. The first-order chi connectivity index (χ1) is 6.25. The molecule has 13 heavy (non-hydrogen) atoms. The molecule has 0 bridgehead atoms. The molecule has 0 fully saturated rings. The lowest BCUT2D eigenvalue weighted by Crippen LogP contribution is -2.12. The standard InChI is InChI=1S/C6H13N5.C2H6/c1-4-7-5-6(11(2)3)9-10-8-5;1-2/h4H2,1-3H3,(H2,7,8,9,10);1-2H3. The molecular weight excluding hydrogens is 166 g/mol. The van der Waals surface area contributed by atoms with Crippen molar-refractivity contribution < 1.29 is 0 Å². The molecule has 0 aromatic carbocycles. The smallest absolute Gasteiger partial charge is 0.194 e. The van der Waals surface area contributed by atoms with Gasteiger partial charge in [0.2, 0.25) is 0 Å². The van der Waals surface area contributed by atoms with Crippen LogP contribution in [-0.4, -0.2) is 36.1 Å². The Morgan fingerprint density at radius 3 is 2.38 bits per heavy atom. The van der Waals surface area contributed by atoms with Crippen LogP contribution >= 0.6 is 0 Å². The van der Waals surface area contributed by atoms with Crippen LogP contribution < -0.4 is 10.2 Å². The highest BCUT2D eigenvalue weighted by Crippen LogP contribution is 2.15. The largest absolute Gasteiger partial charge is 0.366 e. The number of aromatic nitrogens is 3. The van der Waals surface area contributed by atoms with E-state index in [9.17, 15) is 0 Å². The van der Waals surface area contributed by atoms with Crippen molar-refractivity contribution in [2.75, 3.05) is 30.9 Å². The van der Waals surface area contributed by atoms with Crippen molar-refractivity contribution in [2.45, 2.75) is 20.8 Å². The average molecular weight is 185 g/mol. The van der Waals surface area contributed by atoms with Crippen LogP contribution in [-0.2, 0) is 0 Å². The summed E-state index contributed by atoms with van der Waals surface area (Å²) >= 11 is 0. The third kappa shape index (κ3) is 3.31. The van der Waals surface area contributed by atoms with Crippen LogP contribution in [0.15, 0.2) is 0 Å². The molecule has 5 nitrogen and oxygen atoms in total. The van der Waals surface area contributed by atoms with E-state index >= 15 is 0 Å². The summed E-state index contributed by atoms with van der Waals surface area (Å²) in [5.41, 5.74) is 0. The Balaban J connectivity index is 0.000000671. The van der Waals surface area contributed by atoms with Crippen molar-refractivity contribution in [1.29, 1.82) is 0 Å². The highest BCUT2D eigenvalue weighted by molar-refractivity contribution is 5.58. The first-order valence-corrected chi connectivity index (χ1v) is 4.57. The zero-order chi connectivity index (χ0) is 10.3. The fraction of sp³-hybridized carbons (Fsp3) is 0.750. The van der Waals surface area contributed by atoms with Gasteiger partial charge in [-0.3, -0.25) is 0 Å². The van der Waals surface area contributed by atoms with Crippen LogP contribution in [0, 0.1) is 0 Å². The molecule has 76 valence electrons. The summed E-state index contributed by atoms with van der Waals surface area (Å²) in [6.07, 6.45) is 0. The van der Waals surface area contributed by atoms with Gasteiger partial charge in [-0.25, -0.2) is 0 Å². The Bertz CT molecular complexity index is 218. The third-order valence-corrected chi connectivity index (χ3v) is 1.30. The second-order valence-electron chi connectivity index (χ2n) is 2.42. The van der Waals surface area contributed by atoms with Gasteiger partial charge in [0.1, 0.15) is 0 Å². The SMILES string of the molecule is CC.CCNc1n[nH]nc1N(C)C. The maximum absolute atomic E-state index is 3.96. The second-order valence-corrected chi connectivity index (χ2v) is 2.42. The van der Waals surface area contributed by atoms with E-state index in [2.05, 4.69) is 20.7 Å². The van der Waals surface area contributed by atoms with Gasteiger partial charge in [0, 0.05) is 20.6 Å². The van der Waals surface area contributed by atoms with Gasteiger partial charge in [0.25, 0.3) is 0 Å². The maximum atomic E-state index is 3.96. The Hall–Kier alpha value is -1.26. The first-order valence-electron chi connectivity index (χ1n) is 4.57. The summed E-state index contributed by atoms with van der Waals surface area (Å²) in [6.45, 7) is 6.88. The molecule has 5 heteroatoms. The fourth-order valence-electron chi connectivity index (χ4n) is 0.823. The predicted molar refractivity (Wildman–Crippen MR) is 56.2 cm³/mol. The summed E-state index contributed by atoms with van der Waals surface area (Å²) in [5, 5.41) is 13.6. The van der Waals surface area contributed by atoms with Gasteiger partial charge in [-0.05, 0) is 6.92 Å². The van der Waals surface area contributed by atoms with Crippen LogP contribution in [0.4, 0.5) is 11.6 Å². The lowest BCUT2D eigenvalue weighted by Gasteiger charge is -2.09.